The number of carbonyl (C=O) groups is 4. The molecular formula is C24H15BrCl3NO7. The van der Waals surface area contributed by atoms with Crippen LogP contribution in [0.3, 0.4) is 0 Å². The number of anilines is 1. The smallest absolute Gasteiger partial charge is 0.349 e. The first-order chi connectivity index (χ1) is 17.0. The summed E-state index contributed by atoms with van der Waals surface area (Å²) in [5, 5.41) is 13.0. The van der Waals surface area contributed by atoms with Gasteiger partial charge in [0.25, 0.3) is 5.91 Å². The van der Waals surface area contributed by atoms with Gasteiger partial charge in [-0.05, 0) is 66.7 Å². The molecule has 0 aliphatic heterocycles. The van der Waals surface area contributed by atoms with Gasteiger partial charge in [-0.2, -0.15) is 0 Å². The molecule has 0 saturated carbocycles. The van der Waals surface area contributed by atoms with Crippen LogP contribution in [0.5, 0.6) is 0 Å². The van der Waals surface area contributed by atoms with Crippen molar-refractivity contribution in [2.75, 3.05) is 5.32 Å². The third-order valence-electron chi connectivity index (χ3n) is 4.59. The molecule has 2 atom stereocenters. The SMILES string of the molecule is O=C(O[C@@H](C(=O)O)[C@@H](OC(=O)c1ccc(Cl)cc1)C(=O)Nc1ccc(Br)cc1Cl)c1ccc(Cl)cc1. The van der Waals surface area contributed by atoms with Crippen molar-refractivity contribution in [1.82, 2.24) is 0 Å². The fourth-order valence-corrected chi connectivity index (χ4v) is 3.80. The average Bonchev–Trinajstić information content (AvgIpc) is 2.83. The molecule has 3 aromatic rings. The predicted octanol–water partition coefficient (Wildman–Crippen LogP) is 5.88. The number of carboxylic acid groups (broad SMARTS) is 1. The standard InChI is InChI=1S/C24H15BrCl3NO7/c25-14-5-10-18(17(28)11-14)29-21(30)19(35-23(33)12-1-6-15(26)7-2-12)20(22(31)32)36-24(34)13-3-8-16(27)9-4-13/h1-11,19-20H,(H,29,30)(H,31,32)/t19-,20-/m1/s1. The second-order valence-electron chi connectivity index (χ2n) is 7.12. The Labute approximate surface area is 228 Å². The second kappa shape index (κ2) is 12.2. The summed E-state index contributed by atoms with van der Waals surface area (Å²) < 4.78 is 10.9. The van der Waals surface area contributed by atoms with Crippen molar-refractivity contribution >= 4 is 80.2 Å². The first kappa shape index (κ1) is 27.5. The van der Waals surface area contributed by atoms with E-state index in [0.29, 0.717) is 14.5 Å². The van der Waals surface area contributed by atoms with Gasteiger partial charge in [0, 0.05) is 14.5 Å². The minimum Gasteiger partial charge on any atom is -0.478 e. The van der Waals surface area contributed by atoms with Crippen LogP contribution < -0.4 is 5.32 Å². The number of nitrogens with one attached hydrogen (secondary N) is 1. The number of aliphatic carboxylic acids is 1. The maximum absolute atomic E-state index is 13.1. The third kappa shape index (κ3) is 7.20. The van der Waals surface area contributed by atoms with Crippen molar-refractivity contribution in [1.29, 1.82) is 0 Å². The zero-order valence-electron chi connectivity index (χ0n) is 17.9. The fraction of sp³-hybridized carbons (Fsp3) is 0.0833. The molecule has 1 amide bonds. The Hall–Kier alpha value is -3.11. The Balaban J connectivity index is 1.92. The van der Waals surface area contributed by atoms with Crippen LogP contribution in [0.1, 0.15) is 20.7 Å². The van der Waals surface area contributed by atoms with Crippen LogP contribution in [0, 0.1) is 0 Å². The molecule has 3 aromatic carbocycles. The molecule has 0 radical (unpaired) electrons. The molecule has 2 N–H and O–H groups in total. The normalized spacial score (nSPS) is 12.2. The Kier molecular flexibility index (Phi) is 9.33. The van der Waals surface area contributed by atoms with Crippen LogP contribution in [0.2, 0.25) is 15.1 Å². The number of esters is 2. The van der Waals surface area contributed by atoms with E-state index >= 15 is 0 Å². The highest BCUT2D eigenvalue weighted by Gasteiger charge is 2.41. The summed E-state index contributed by atoms with van der Waals surface area (Å²) in [6, 6.07) is 15.4. The molecular weight excluding hydrogens is 601 g/mol. The van der Waals surface area contributed by atoms with Gasteiger partial charge in [0.2, 0.25) is 12.2 Å². The lowest BCUT2D eigenvalue weighted by Crippen LogP contribution is -2.48. The number of carboxylic acids is 1. The second-order valence-corrected chi connectivity index (χ2v) is 9.31. The van der Waals surface area contributed by atoms with Gasteiger partial charge in [0.05, 0.1) is 21.8 Å². The lowest BCUT2D eigenvalue weighted by molar-refractivity contribution is -0.157. The van der Waals surface area contributed by atoms with E-state index in [1.807, 2.05) is 0 Å². The maximum atomic E-state index is 13.1. The van der Waals surface area contributed by atoms with Crippen LogP contribution in [0.4, 0.5) is 5.69 Å². The largest absolute Gasteiger partial charge is 0.478 e. The zero-order valence-corrected chi connectivity index (χ0v) is 21.8. The molecule has 8 nitrogen and oxygen atoms in total. The van der Waals surface area contributed by atoms with E-state index in [1.165, 1.54) is 60.7 Å². The average molecular weight is 616 g/mol. The molecule has 36 heavy (non-hydrogen) atoms. The Bertz CT molecular complexity index is 1300. The molecule has 0 saturated heterocycles. The van der Waals surface area contributed by atoms with E-state index in [-0.39, 0.29) is 21.8 Å². The molecule has 0 aromatic heterocycles. The van der Waals surface area contributed by atoms with E-state index in [9.17, 15) is 24.3 Å². The molecule has 0 aliphatic rings. The highest BCUT2D eigenvalue weighted by molar-refractivity contribution is 9.10. The number of hydrogen-bond donors (Lipinski definition) is 2. The number of ether oxygens (including phenoxy) is 2. The van der Waals surface area contributed by atoms with Crippen molar-refractivity contribution in [2.45, 2.75) is 12.2 Å². The van der Waals surface area contributed by atoms with Gasteiger partial charge in [-0.3, -0.25) is 4.79 Å². The van der Waals surface area contributed by atoms with Gasteiger partial charge in [-0.25, -0.2) is 14.4 Å². The van der Waals surface area contributed by atoms with Gasteiger partial charge in [-0.15, -0.1) is 0 Å². The maximum Gasteiger partial charge on any atom is 0.349 e. The van der Waals surface area contributed by atoms with Crippen molar-refractivity contribution < 1.29 is 33.8 Å². The van der Waals surface area contributed by atoms with Crippen molar-refractivity contribution in [3.63, 3.8) is 0 Å². The number of amides is 1. The van der Waals surface area contributed by atoms with E-state index < -0.39 is 36.0 Å². The summed E-state index contributed by atoms with van der Waals surface area (Å²) in [6.45, 7) is 0. The van der Waals surface area contributed by atoms with E-state index in [0.717, 1.165) is 0 Å². The first-order valence-electron chi connectivity index (χ1n) is 9.97. The number of benzene rings is 3. The first-order valence-corrected chi connectivity index (χ1v) is 11.9. The van der Waals surface area contributed by atoms with Gasteiger partial charge in [-0.1, -0.05) is 50.7 Å². The third-order valence-corrected chi connectivity index (χ3v) is 5.90. The zero-order chi connectivity index (χ0) is 26.4. The van der Waals surface area contributed by atoms with Crippen LogP contribution in [-0.2, 0) is 19.1 Å². The summed E-state index contributed by atoms with van der Waals surface area (Å²) in [7, 11) is 0. The van der Waals surface area contributed by atoms with Gasteiger partial charge >= 0.3 is 17.9 Å². The number of halogens is 4. The van der Waals surface area contributed by atoms with Crippen LogP contribution in [0.25, 0.3) is 0 Å². The minimum atomic E-state index is -2.21. The lowest BCUT2D eigenvalue weighted by atomic mass is 10.1. The number of rotatable bonds is 8. The minimum absolute atomic E-state index is 0.0213. The highest BCUT2D eigenvalue weighted by Crippen LogP contribution is 2.26. The molecule has 0 spiro atoms. The summed E-state index contributed by atoms with van der Waals surface area (Å²) in [5.74, 6) is -4.97. The van der Waals surface area contributed by atoms with E-state index in [4.69, 9.17) is 44.3 Å². The Morgan fingerprint density at radius 2 is 1.22 bits per heavy atom. The fourth-order valence-electron chi connectivity index (χ4n) is 2.83. The monoisotopic (exact) mass is 613 g/mol. The van der Waals surface area contributed by atoms with Gasteiger partial charge in [0.15, 0.2) is 0 Å². The quantitative estimate of drug-likeness (QED) is 0.304. The van der Waals surface area contributed by atoms with Crippen LogP contribution in [-0.4, -0.2) is 41.1 Å². The molecule has 186 valence electrons. The van der Waals surface area contributed by atoms with Gasteiger partial charge < -0.3 is 19.9 Å². The van der Waals surface area contributed by atoms with Crippen molar-refractivity contribution in [3.05, 3.63) is 97.4 Å². The van der Waals surface area contributed by atoms with Crippen LogP contribution in [0.15, 0.2) is 71.2 Å². The van der Waals surface area contributed by atoms with E-state index in [1.54, 1.807) is 6.07 Å². The molecule has 0 bridgehead atoms. The number of carbonyl (C=O) groups excluding carboxylic acids is 3. The molecule has 0 unspecified atom stereocenters. The lowest BCUT2D eigenvalue weighted by Gasteiger charge is -2.24. The van der Waals surface area contributed by atoms with Crippen LogP contribution >= 0.6 is 50.7 Å². The predicted molar refractivity (Wildman–Crippen MR) is 137 cm³/mol. The van der Waals surface area contributed by atoms with Crippen molar-refractivity contribution in [2.24, 2.45) is 0 Å². The molecule has 12 heteroatoms. The molecule has 0 aliphatic carbocycles. The van der Waals surface area contributed by atoms with E-state index in [2.05, 4.69) is 21.2 Å². The highest BCUT2D eigenvalue weighted by atomic mass is 79.9. The molecule has 0 heterocycles. The molecule has 3 rings (SSSR count). The topological polar surface area (TPSA) is 119 Å². The summed E-state index contributed by atoms with van der Waals surface area (Å²) in [6.07, 6.45) is -4.31. The Morgan fingerprint density at radius 1 is 0.750 bits per heavy atom. The molecule has 0 fully saturated rings. The summed E-state index contributed by atoms with van der Waals surface area (Å²) in [5.41, 5.74) is 0.0439. The van der Waals surface area contributed by atoms with Crippen molar-refractivity contribution in [3.8, 4) is 0 Å². The Morgan fingerprint density at radius 3 is 1.67 bits per heavy atom. The van der Waals surface area contributed by atoms with Gasteiger partial charge in [0.1, 0.15) is 0 Å². The summed E-state index contributed by atoms with van der Waals surface area (Å²) >= 11 is 21.0. The number of hydrogen-bond acceptors (Lipinski definition) is 6. The summed E-state index contributed by atoms with van der Waals surface area (Å²) in [4.78, 5) is 50.5.